The Morgan fingerprint density at radius 3 is 2.61 bits per heavy atom. The highest BCUT2D eigenvalue weighted by Gasteiger charge is 2.35. The van der Waals surface area contributed by atoms with Crippen LogP contribution in [0.15, 0.2) is 42.9 Å². The fraction of sp³-hybridized carbons (Fsp3) is 0.0769. The van der Waals surface area contributed by atoms with Crippen molar-refractivity contribution in [1.29, 1.82) is 0 Å². The van der Waals surface area contributed by atoms with Gasteiger partial charge in [-0.15, -0.1) is 5.10 Å². The highest BCUT2D eigenvalue weighted by Crippen LogP contribution is 2.26. The maximum Gasteiger partial charge on any atom is 0.451 e. The normalized spacial score (nSPS) is 11.4. The molecule has 2 aromatic heterocycles. The van der Waals surface area contributed by atoms with Gasteiger partial charge in [0.05, 0.1) is 12.5 Å². The van der Waals surface area contributed by atoms with Crippen LogP contribution >= 0.6 is 0 Å². The van der Waals surface area contributed by atoms with Crippen molar-refractivity contribution in [1.82, 2.24) is 24.7 Å². The lowest BCUT2D eigenvalue weighted by atomic mass is 10.3. The van der Waals surface area contributed by atoms with E-state index >= 15 is 0 Å². The zero-order valence-electron chi connectivity index (χ0n) is 11.4. The van der Waals surface area contributed by atoms with Crippen LogP contribution in [0.2, 0.25) is 0 Å². The Kier molecular flexibility index (Phi) is 3.56. The van der Waals surface area contributed by atoms with Gasteiger partial charge >= 0.3 is 6.18 Å². The van der Waals surface area contributed by atoms with Gasteiger partial charge in [-0.05, 0) is 12.1 Å². The summed E-state index contributed by atoms with van der Waals surface area (Å²) in [5.74, 6) is -2.44. The molecule has 0 aliphatic heterocycles. The Morgan fingerprint density at radius 1 is 1.22 bits per heavy atom. The Balaban J connectivity index is 1.83. The summed E-state index contributed by atoms with van der Waals surface area (Å²) in [5.41, 5.74) is 0.815. The zero-order valence-corrected chi connectivity index (χ0v) is 11.4. The molecule has 1 aromatic carbocycles. The molecule has 0 aliphatic carbocycles. The van der Waals surface area contributed by atoms with E-state index in [4.69, 9.17) is 0 Å². The van der Waals surface area contributed by atoms with E-state index < -0.39 is 23.9 Å². The predicted molar refractivity (Wildman–Crippen MR) is 72.9 cm³/mol. The average molecular weight is 322 g/mol. The van der Waals surface area contributed by atoms with E-state index in [1.807, 2.05) is 6.07 Å². The lowest BCUT2D eigenvalue weighted by molar-refractivity contribution is -0.144. The number of alkyl halides is 3. The molecule has 0 saturated heterocycles. The Labute approximate surface area is 127 Å². The molecular weight excluding hydrogens is 313 g/mol. The third-order valence-electron chi connectivity index (χ3n) is 2.88. The second-order valence-corrected chi connectivity index (χ2v) is 4.44. The van der Waals surface area contributed by atoms with Crippen molar-refractivity contribution in [2.75, 3.05) is 5.32 Å². The molecule has 0 radical (unpaired) electrons. The number of imidazole rings is 1. The van der Waals surface area contributed by atoms with Gasteiger partial charge in [0.15, 0.2) is 0 Å². The number of carbonyl (C=O) groups is 1. The number of aromatic amines is 1. The summed E-state index contributed by atoms with van der Waals surface area (Å²) in [6.07, 6.45) is -1.95. The Morgan fingerprint density at radius 2 is 1.96 bits per heavy atom. The summed E-state index contributed by atoms with van der Waals surface area (Å²) in [6.45, 7) is 0. The number of nitrogens with zero attached hydrogens (tertiary/aromatic N) is 4. The van der Waals surface area contributed by atoms with E-state index in [2.05, 4.69) is 20.4 Å². The molecule has 23 heavy (non-hydrogen) atoms. The van der Waals surface area contributed by atoms with E-state index in [1.165, 1.54) is 17.1 Å². The molecule has 118 valence electrons. The van der Waals surface area contributed by atoms with Crippen LogP contribution in [0.1, 0.15) is 16.3 Å². The first-order valence-electron chi connectivity index (χ1n) is 6.34. The number of benzene rings is 1. The van der Waals surface area contributed by atoms with Crippen LogP contribution < -0.4 is 5.32 Å². The van der Waals surface area contributed by atoms with Crippen LogP contribution in [-0.2, 0) is 6.18 Å². The minimum absolute atomic E-state index is 0.134. The standard InChI is InChI=1S/C13H9F3N6O/c14-13(15,16)11-19-12(21-20-11)18-10(23)9-6-17-7-22(9)8-4-2-1-3-5-8/h1-7H,(H2,18,19,20,21,23). The number of H-pyrrole nitrogens is 1. The van der Waals surface area contributed by atoms with Gasteiger partial charge in [0.25, 0.3) is 5.91 Å². The van der Waals surface area contributed by atoms with E-state index in [1.54, 1.807) is 29.4 Å². The molecule has 0 aliphatic rings. The van der Waals surface area contributed by atoms with Gasteiger partial charge in [-0.3, -0.25) is 19.8 Å². The lowest BCUT2D eigenvalue weighted by Gasteiger charge is -2.06. The minimum Gasteiger partial charge on any atom is -0.295 e. The molecule has 3 rings (SSSR count). The molecule has 0 spiro atoms. The third kappa shape index (κ3) is 3.05. The van der Waals surface area contributed by atoms with Crippen LogP contribution in [-0.4, -0.2) is 30.6 Å². The summed E-state index contributed by atoms with van der Waals surface area (Å²) in [5, 5.41) is 7.23. The fourth-order valence-electron chi connectivity index (χ4n) is 1.87. The summed E-state index contributed by atoms with van der Waals surface area (Å²) in [7, 11) is 0. The van der Waals surface area contributed by atoms with E-state index in [0.29, 0.717) is 5.69 Å². The maximum atomic E-state index is 12.4. The van der Waals surface area contributed by atoms with Crippen LogP contribution in [0.25, 0.3) is 5.69 Å². The van der Waals surface area contributed by atoms with Crippen LogP contribution in [0.3, 0.4) is 0 Å². The number of hydrogen-bond donors (Lipinski definition) is 2. The Bertz CT molecular complexity index is 824. The number of para-hydroxylation sites is 1. The maximum absolute atomic E-state index is 12.4. The summed E-state index contributed by atoms with van der Waals surface area (Å²) >= 11 is 0. The van der Waals surface area contributed by atoms with Gasteiger partial charge in [0.2, 0.25) is 11.8 Å². The summed E-state index contributed by atoms with van der Waals surface area (Å²) in [6, 6.07) is 8.89. The molecule has 0 fully saturated rings. The van der Waals surface area contributed by atoms with Crippen LogP contribution in [0, 0.1) is 0 Å². The summed E-state index contributed by atoms with van der Waals surface area (Å²) < 4.78 is 38.8. The molecule has 10 heteroatoms. The highest BCUT2D eigenvalue weighted by atomic mass is 19.4. The van der Waals surface area contributed by atoms with Crippen molar-refractivity contribution < 1.29 is 18.0 Å². The van der Waals surface area contributed by atoms with Crippen molar-refractivity contribution in [3.05, 3.63) is 54.4 Å². The van der Waals surface area contributed by atoms with Crippen molar-refractivity contribution in [3.63, 3.8) is 0 Å². The number of halogens is 3. The molecule has 0 saturated carbocycles. The monoisotopic (exact) mass is 322 g/mol. The molecular formula is C13H9F3N6O. The largest absolute Gasteiger partial charge is 0.451 e. The quantitative estimate of drug-likeness (QED) is 0.774. The molecule has 0 atom stereocenters. The molecule has 1 amide bonds. The van der Waals surface area contributed by atoms with Crippen LogP contribution in [0.5, 0.6) is 0 Å². The Hall–Kier alpha value is -3.17. The number of anilines is 1. The average Bonchev–Trinajstić information content (AvgIpc) is 3.16. The number of rotatable bonds is 3. The van der Waals surface area contributed by atoms with Gasteiger partial charge in [-0.25, -0.2) is 4.98 Å². The van der Waals surface area contributed by atoms with Crippen molar-refractivity contribution in [2.24, 2.45) is 0 Å². The van der Waals surface area contributed by atoms with Gasteiger partial charge < -0.3 is 0 Å². The molecule has 0 bridgehead atoms. The van der Waals surface area contributed by atoms with Gasteiger partial charge in [-0.2, -0.15) is 18.2 Å². The second-order valence-electron chi connectivity index (χ2n) is 4.44. The predicted octanol–water partition coefficient (Wildman–Crippen LogP) is 2.26. The second kappa shape index (κ2) is 5.55. The molecule has 0 unspecified atom stereocenters. The zero-order chi connectivity index (χ0) is 16.4. The molecule has 2 heterocycles. The van der Waals surface area contributed by atoms with Gasteiger partial charge in [0, 0.05) is 5.69 Å². The SMILES string of the molecule is O=C(Nc1n[nH]c(C(F)(F)F)n1)c1cncn1-c1ccccc1. The lowest BCUT2D eigenvalue weighted by Crippen LogP contribution is -2.17. The number of aromatic nitrogens is 5. The minimum atomic E-state index is -4.66. The third-order valence-corrected chi connectivity index (χ3v) is 2.88. The molecule has 7 nitrogen and oxygen atoms in total. The van der Waals surface area contributed by atoms with E-state index in [9.17, 15) is 18.0 Å². The van der Waals surface area contributed by atoms with E-state index in [0.717, 1.165) is 0 Å². The van der Waals surface area contributed by atoms with Crippen molar-refractivity contribution in [2.45, 2.75) is 6.18 Å². The summed E-state index contributed by atoms with van der Waals surface area (Å²) in [4.78, 5) is 19.2. The smallest absolute Gasteiger partial charge is 0.295 e. The van der Waals surface area contributed by atoms with Crippen LogP contribution in [0.4, 0.5) is 19.1 Å². The topological polar surface area (TPSA) is 88.5 Å². The first kappa shape index (κ1) is 14.8. The van der Waals surface area contributed by atoms with Crippen molar-refractivity contribution >= 4 is 11.9 Å². The highest BCUT2D eigenvalue weighted by molar-refractivity contribution is 6.02. The van der Waals surface area contributed by atoms with Gasteiger partial charge in [-0.1, -0.05) is 18.2 Å². The number of amides is 1. The fourth-order valence-corrected chi connectivity index (χ4v) is 1.87. The number of hydrogen-bond acceptors (Lipinski definition) is 4. The first-order chi connectivity index (χ1) is 10.9. The van der Waals surface area contributed by atoms with Gasteiger partial charge in [0.1, 0.15) is 5.69 Å². The molecule has 3 aromatic rings. The number of carbonyl (C=O) groups excluding carboxylic acids is 1. The van der Waals surface area contributed by atoms with E-state index in [-0.39, 0.29) is 5.69 Å². The number of nitrogens with one attached hydrogen (secondary N) is 2. The molecule has 2 N–H and O–H groups in total. The first-order valence-corrected chi connectivity index (χ1v) is 6.34. The van der Waals surface area contributed by atoms with Crippen molar-refractivity contribution in [3.8, 4) is 5.69 Å².